The van der Waals surface area contributed by atoms with Crippen LogP contribution in [0.5, 0.6) is 0 Å². The van der Waals surface area contributed by atoms with E-state index in [1.165, 1.54) is 37.7 Å². The highest BCUT2D eigenvalue weighted by molar-refractivity contribution is 6.30. The van der Waals surface area contributed by atoms with Gasteiger partial charge in [-0.15, -0.1) is 0 Å². The summed E-state index contributed by atoms with van der Waals surface area (Å²) in [5.74, 6) is 0.935. The predicted octanol–water partition coefficient (Wildman–Crippen LogP) is 4.89. The van der Waals surface area contributed by atoms with Gasteiger partial charge in [0.1, 0.15) is 0 Å². The molecule has 0 atom stereocenters. The van der Waals surface area contributed by atoms with Crippen LogP contribution in [-0.2, 0) is 0 Å². The summed E-state index contributed by atoms with van der Waals surface area (Å²) in [7, 11) is 0. The quantitative estimate of drug-likeness (QED) is 0.875. The van der Waals surface area contributed by atoms with Gasteiger partial charge in [0.05, 0.1) is 11.4 Å². The Morgan fingerprint density at radius 1 is 1.19 bits per heavy atom. The molecule has 3 rings (SSSR count). The number of aromatic nitrogens is 2. The molecular weight excluding hydrogens is 282 g/mol. The Kier molecular flexibility index (Phi) is 4.20. The smallest absolute Gasteiger partial charge is 0.207 e. The highest BCUT2D eigenvalue weighted by Gasteiger charge is 2.17. The van der Waals surface area contributed by atoms with Crippen molar-refractivity contribution in [2.24, 2.45) is 0 Å². The van der Waals surface area contributed by atoms with Gasteiger partial charge in [-0.25, -0.2) is 4.98 Å². The van der Waals surface area contributed by atoms with E-state index in [1.807, 2.05) is 19.1 Å². The number of nitrogens with one attached hydrogen (secondary N) is 1. The molecule has 1 aromatic heterocycles. The maximum absolute atomic E-state index is 6.16. The third-order valence-electron chi connectivity index (χ3n) is 4.20. The lowest BCUT2D eigenvalue weighted by atomic mass is 9.96. The SMILES string of the molecule is Cc1cn(-c2cc(Cl)ccc2C)c(NC2CCCCC2)n1. The topological polar surface area (TPSA) is 29.9 Å². The first-order valence-electron chi connectivity index (χ1n) is 7.72. The van der Waals surface area contributed by atoms with Crippen molar-refractivity contribution in [3.8, 4) is 5.69 Å². The minimum atomic E-state index is 0.541. The number of halogens is 1. The first kappa shape index (κ1) is 14.5. The van der Waals surface area contributed by atoms with Gasteiger partial charge in [0.25, 0.3) is 0 Å². The monoisotopic (exact) mass is 303 g/mol. The molecule has 0 aliphatic heterocycles. The second-order valence-electron chi connectivity index (χ2n) is 5.99. The second-order valence-corrected chi connectivity index (χ2v) is 6.42. The summed E-state index contributed by atoms with van der Waals surface area (Å²) in [6.07, 6.45) is 8.53. The van der Waals surface area contributed by atoms with Gasteiger partial charge in [0.2, 0.25) is 5.95 Å². The van der Waals surface area contributed by atoms with E-state index in [-0.39, 0.29) is 0 Å². The molecule has 0 saturated heterocycles. The molecule has 3 nitrogen and oxygen atoms in total. The average molecular weight is 304 g/mol. The van der Waals surface area contributed by atoms with E-state index in [0.717, 1.165) is 22.4 Å². The first-order chi connectivity index (χ1) is 10.1. The highest BCUT2D eigenvalue weighted by Crippen LogP contribution is 2.26. The van der Waals surface area contributed by atoms with Crippen molar-refractivity contribution in [2.45, 2.75) is 52.0 Å². The Hall–Kier alpha value is -1.48. The third-order valence-corrected chi connectivity index (χ3v) is 4.43. The minimum absolute atomic E-state index is 0.541. The fourth-order valence-electron chi connectivity index (χ4n) is 3.05. The van der Waals surface area contributed by atoms with Gasteiger partial charge in [0, 0.05) is 17.3 Å². The number of nitrogens with zero attached hydrogens (tertiary/aromatic N) is 2. The van der Waals surface area contributed by atoms with Crippen LogP contribution in [0.4, 0.5) is 5.95 Å². The van der Waals surface area contributed by atoms with E-state index < -0.39 is 0 Å². The normalized spacial score (nSPS) is 16.1. The van der Waals surface area contributed by atoms with Crippen LogP contribution in [0.3, 0.4) is 0 Å². The summed E-state index contributed by atoms with van der Waals surface area (Å²) in [5, 5.41) is 4.38. The van der Waals surface area contributed by atoms with E-state index in [9.17, 15) is 0 Å². The lowest BCUT2D eigenvalue weighted by Crippen LogP contribution is -2.24. The number of imidazole rings is 1. The minimum Gasteiger partial charge on any atom is -0.353 e. The van der Waals surface area contributed by atoms with Gasteiger partial charge in [-0.1, -0.05) is 36.9 Å². The van der Waals surface area contributed by atoms with Crippen molar-refractivity contribution < 1.29 is 0 Å². The van der Waals surface area contributed by atoms with Crippen molar-refractivity contribution in [2.75, 3.05) is 5.32 Å². The molecule has 0 amide bonds. The molecule has 21 heavy (non-hydrogen) atoms. The Bertz CT molecular complexity index is 627. The van der Waals surface area contributed by atoms with E-state index in [0.29, 0.717) is 6.04 Å². The summed E-state index contributed by atoms with van der Waals surface area (Å²) < 4.78 is 2.13. The van der Waals surface area contributed by atoms with Gasteiger partial charge in [-0.05, 0) is 44.4 Å². The molecule has 2 aromatic rings. The Balaban J connectivity index is 1.93. The Morgan fingerprint density at radius 3 is 2.71 bits per heavy atom. The number of anilines is 1. The van der Waals surface area contributed by atoms with Crippen LogP contribution in [-0.4, -0.2) is 15.6 Å². The molecule has 0 spiro atoms. The molecule has 1 N–H and O–H groups in total. The van der Waals surface area contributed by atoms with E-state index in [2.05, 4.69) is 34.1 Å². The summed E-state index contributed by atoms with van der Waals surface area (Å²) in [4.78, 5) is 4.66. The highest BCUT2D eigenvalue weighted by atomic mass is 35.5. The van der Waals surface area contributed by atoms with Crippen LogP contribution < -0.4 is 5.32 Å². The number of aryl methyl sites for hydroxylation is 2. The zero-order chi connectivity index (χ0) is 14.8. The maximum Gasteiger partial charge on any atom is 0.207 e. The van der Waals surface area contributed by atoms with Gasteiger partial charge in [0.15, 0.2) is 0 Å². The van der Waals surface area contributed by atoms with Crippen molar-refractivity contribution in [3.05, 3.63) is 40.7 Å². The van der Waals surface area contributed by atoms with Gasteiger partial charge in [-0.3, -0.25) is 4.57 Å². The summed E-state index contributed by atoms with van der Waals surface area (Å²) in [5.41, 5.74) is 3.32. The first-order valence-corrected chi connectivity index (χ1v) is 8.10. The molecule has 0 unspecified atom stereocenters. The zero-order valence-corrected chi connectivity index (χ0v) is 13.5. The number of rotatable bonds is 3. The number of hydrogen-bond donors (Lipinski definition) is 1. The molecular formula is C17H22ClN3. The lowest BCUT2D eigenvalue weighted by molar-refractivity contribution is 0.460. The molecule has 1 aromatic carbocycles. The lowest BCUT2D eigenvalue weighted by Gasteiger charge is -2.24. The third kappa shape index (κ3) is 3.24. The van der Waals surface area contributed by atoms with Crippen molar-refractivity contribution >= 4 is 17.5 Å². The molecule has 1 heterocycles. The van der Waals surface area contributed by atoms with Crippen molar-refractivity contribution in [1.29, 1.82) is 0 Å². The van der Waals surface area contributed by atoms with Crippen LogP contribution in [0.25, 0.3) is 5.69 Å². The predicted molar refractivity (Wildman–Crippen MR) is 88.5 cm³/mol. The van der Waals surface area contributed by atoms with Crippen LogP contribution in [0, 0.1) is 13.8 Å². The van der Waals surface area contributed by atoms with E-state index in [4.69, 9.17) is 11.6 Å². The van der Waals surface area contributed by atoms with Gasteiger partial charge in [-0.2, -0.15) is 0 Å². The molecule has 4 heteroatoms. The van der Waals surface area contributed by atoms with Gasteiger partial charge >= 0.3 is 0 Å². The van der Waals surface area contributed by atoms with Gasteiger partial charge < -0.3 is 5.32 Å². The molecule has 1 aliphatic rings. The molecule has 112 valence electrons. The van der Waals surface area contributed by atoms with Crippen LogP contribution in [0.15, 0.2) is 24.4 Å². The number of hydrogen-bond acceptors (Lipinski definition) is 2. The standard InChI is InChI=1S/C17H22ClN3/c1-12-8-9-14(18)10-16(12)21-11-13(2)19-17(21)20-15-6-4-3-5-7-15/h8-11,15H,3-7H2,1-2H3,(H,19,20). The van der Waals surface area contributed by atoms with Crippen LogP contribution >= 0.6 is 11.6 Å². The maximum atomic E-state index is 6.16. The average Bonchev–Trinajstić information content (AvgIpc) is 2.83. The van der Waals surface area contributed by atoms with Crippen molar-refractivity contribution in [1.82, 2.24) is 9.55 Å². The Morgan fingerprint density at radius 2 is 1.95 bits per heavy atom. The number of benzene rings is 1. The summed E-state index contributed by atoms with van der Waals surface area (Å²) in [6, 6.07) is 6.53. The molecule has 0 radical (unpaired) electrons. The fourth-order valence-corrected chi connectivity index (χ4v) is 3.22. The molecule has 0 bridgehead atoms. The largest absolute Gasteiger partial charge is 0.353 e. The molecule has 1 aliphatic carbocycles. The fraction of sp³-hybridized carbons (Fsp3) is 0.471. The summed E-state index contributed by atoms with van der Waals surface area (Å²) in [6.45, 7) is 4.13. The van der Waals surface area contributed by atoms with Crippen molar-refractivity contribution in [3.63, 3.8) is 0 Å². The Labute approximate surface area is 131 Å². The van der Waals surface area contributed by atoms with E-state index >= 15 is 0 Å². The molecule has 1 fully saturated rings. The van der Waals surface area contributed by atoms with Crippen LogP contribution in [0.1, 0.15) is 43.4 Å². The second kappa shape index (κ2) is 6.10. The summed E-state index contributed by atoms with van der Waals surface area (Å²) >= 11 is 6.16. The zero-order valence-electron chi connectivity index (χ0n) is 12.7. The molecule has 1 saturated carbocycles. The van der Waals surface area contributed by atoms with Crippen LogP contribution in [0.2, 0.25) is 5.02 Å². The van der Waals surface area contributed by atoms with E-state index in [1.54, 1.807) is 0 Å².